The van der Waals surface area contributed by atoms with E-state index in [-0.39, 0.29) is 18.4 Å². The van der Waals surface area contributed by atoms with Gasteiger partial charge in [0.05, 0.1) is 6.54 Å². The molecule has 1 rings (SSSR count). The zero-order valence-corrected chi connectivity index (χ0v) is 14.0. The predicted molar refractivity (Wildman–Crippen MR) is 84.9 cm³/mol. The van der Waals surface area contributed by atoms with Crippen LogP contribution < -0.4 is 5.32 Å². The molecule has 1 aliphatic heterocycles. The van der Waals surface area contributed by atoms with Crippen LogP contribution in [0.1, 0.15) is 39.5 Å². The number of carbonyl (C=O) groups excluding carboxylic acids is 2. The highest BCUT2D eigenvalue weighted by Crippen LogP contribution is 2.23. The molecule has 0 aromatic rings. The van der Waals surface area contributed by atoms with Gasteiger partial charge in [-0.05, 0) is 44.2 Å². The molecule has 1 N–H and O–H groups in total. The summed E-state index contributed by atoms with van der Waals surface area (Å²) in [5.74, 6) is 1.06. The fraction of sp³-hybridized carbons (Fsp3) is 0.875. The van der Waals surface area contributed by atoms with Gasteiger partial charge in [0.1, 0.15) is 0 Å². The SMILES string of the molecule is CCCN(CC(=O)N(C)C)C(=O)CC(C)C1CCCNC1. The Morgan fingerprint density at radius 1 is 1.29 bits per heavy atom. The molecule has 1 saturated heterocycles. The first kappa shape index (κ1) is 18.0. The maximum absolute atomic E-state index is 12.5. The van der Waals surface area contributed by atoms with Crippen LogP contribution in [0.15, 0.2) is 0 Å². The maximum Gasteiger partial charge on any atom is 0.241 e. The van der Waals surface area contributed by atoms with Crippen LogP contribution >= 0.6 is 0 Å². The molecule has 2 amide bonds. The van der Waals surface area contributed by atoms with Crippen molar-refractivity contribution in [3.8, 4) is 0 Å². The number of hydrogen-bond donors (Lipinski definition) is 1. The number of hydrogen-bond acceptors (Lipinski definition) is 3. The molecule has 5 heteroatoms. The van der Waals surface area contributed by atoms with Gasteiger partial charge in [-0.3, -0.25) is 9.59 Å². The van der Waals surface area contributed by atoms with Crippen LogP contribution in [0, 0.1) is 11.8 Å². The molecule has 0 bridgehead atoms. The van der Waals surface area contributed by atoms with Crippen molar-refractivity contribution in [2.75, 3.05) is 40.3 Å². The summed E-state index contributed by atoms with van der Waals surface area (Å²) in [6.45, 7) is 7.17. The van der Waals surface area contributed by atoms with Gasteiger partial charge in [-0.1, -0.05) is 13.8 Å². The number of amides is 2. The van der Waals surface area contributed by atoms with E-state index in [9.17, 15) is 9.59 Å². The molecule has 0 radical (unpaired) electrons. The molecule has 0 aromatic carbocycles. The van der Waals surface area contributed by atoms with Crippen LogP contribution in [-0.2, 0) is 9.59 Å². The largest absolute Gasteiger partial charge is 0.347 e. The summed E-state index contributed by atoms with van der Waals surface area (Å²) < 4.78 is 0. The third kappa shape index (κ3) is 6.04. The zero-order chi connectivity index (χ0) is 15.8. The number of piperidine rings is 1. The molecule has 1 aliphatic rings. The lowest BCUT2D eigenvalue weighted by molar-refractivity contribution is -0.140. The molecular formula is C16H31N3O2. The lowest BCUT2D eigenvalue weighted by Crippen LogP contribution is -2.42. The highest BCUT2D eigenvalue weighted by atomic mass is 16.2. The molecule has 0 aromatic heterocycles. The summed E-state index contributed by atoms with van der Waals surface area (Å²) in [6.07, 6.45) is 3.83. The third-order valence-corrected chi connectivity index (χ3v) is 4.31. The van der Waals surface area contributed by atoms with Crippen molar-refractivity contribution in [3.63, 3.8) is 0 Å². The third-order valence-electron chi connectivity index (χ3n) is 4.31. The molecule has 2 unspecified atom stereocenters. The minimum Gasteiger partial charge on any atom is -0.347 e. The molecule has 0 saturated carbocycles. The molecule has 21 heavy (non-hydrogen) atoms. The monoisotopic (exact) mass is 297 g/mol. The average molecular weight is 297 g/mol. The minimum atomic E-state index is -0.0104. The topological polar surface area (TPSA) is 52.7 Å². The van der Waals surface area contributed by atoms with E-state index in [1.54, 1.807) is 23.9 Å². The van der Waals surface area contributed by atoms with Crippen molar-refractivity contribution < 1.29 is 9.59 Å². The van der Waals surface area contributed by atoms with Crippen molar-refractivity contribution in [2.45, 2.75) is 39.5 Å². The van der Waals surface area contributed by atoms with E-state index in [4.69, 9.17) is 0 Å². The van der Waals surface area contributed by atoms with Crippen molar-refractivity contribution in [1.82, 2.24) is 15.1 Å². The van der Waals surface area contributed by atoms with Crippen molar-refractivity contribution in [3.05, 3.63) is 0 Å². The Morgan fingerprint density at radius 2 is 2.00 bits per heavy atom. The summed E-state index contributed by atoms with van der Waals surface area (Å²) in [7, 11) is 3.46. The highest BCUT2D eigenvalue weighted by molar-refractivity contribution is 5.84. The number of carbonyl (C=O) groups is 2. The Balaban J connectivity index is 2.52. The average Bonchev–Trinajstić information content (AvgIpc) is 2.47. The zero-order valence-electron chi connectivity index (χ0n) is 14.0. The number of nitrogens with one attached hydrogen (secondary N) is 1. The Labute approximate surface area is 129 Å². The van der Waals surface area contributed by atoms with E-state index < -0.39 is 0 Å². The molecule has 122 valence electrons. The van der Waals surface area contributed by atoms with Crippen molar-refractivity contribution in [1.29, 1.82) is 0 Å². The smallest absolute Gasteiger partial charge is 0.241 e. The van der Waals surface area contributed by atoms with Crippen LogP contribution in [0.3, 0.4) is 0 Å². The molecule has 1 heterocycles. The van der Waals surface area contributed by atoms with Gasteiger partial charge in [0.25, 0.3) is 0 Å². The van der Waals surface area contributed by atoms with Gasteiger partial charge in [0, 0.05) is 27.1 Å². The normalized spacial score (nSPS) is 19.9. The first-order chi connectivity index (χ1) is 9.95. The molecule has 1 fully saturated rings. The van der Waals surface area contributed by atoms with Gasteiger partial charge < -0.3 is 15.1 Å². The Hall–Kier alpha value is -1.10. The van der Waals surface area contributed by atoms with Crippen molar-refractivity contribution in [2.24, 2.45) is 11.8 Å². The van der Waals surface area contributed by atoms with Gasteiger partial charge in [-0.2, -0.15) is 0 Å². The van der Waals surface area contributed by atoms with Crippen molar-refractivity contribution >= 4 is 11.8 Å². The molecular weight excluding hydrogens is 266 g/mol. The lowest BCUT2D eigenvalue weighted by atomic mass is 9.85. The number of likely N-dealkylation sites (N-methyl/N-ethyl adjacent to an activating group) is 1. The minimum absolute atomic E-state index is 0.0104. The van der Waals surface area contributed by atoms with E-state index in [0.29, 0.717) is 24.8 Å². The molecule has 2 atom stereocenters. The summed E-state index contributed by atoms with van der Waals surface area (Å²) in [6, 6.07) is 0. The predicted octanol–water partition coefficient (Wildman–Crippen LogP) is 1.34. The van der Waals surface area contributed by atoms with Crippen LogP contribution in [0.25, 0.3) is 0 Å². The summed E-state index contributed by atoms with van der Waals surface area (Å²) in [5, 5.41) is 3.40. The van der Waals surface area contributed by atoms with Crippen LogP contribution in [-0.4, -0.2) is 61.9 Å². The first-order valence-electron chi connectivity index (χ1n) is 8.14. The molecule has 5 nitrogen and oxygen atoms in total. The summed E-state index contributed by atoms with van der Waals surface area (Å²) >= 11 is 0. The van der Waals surface area contributed by atoms with Gasteiger partial charge in [0.15, 0.2) is 0 Å². The van der Waals surface area contributed by atoms with E-state index in [2.05, 4.69) is 12.2 Å². The molecule has 0 spiro atoms. The van der Waals surface area contributed by atoms with Gasteiger partial charge in [-0.25, -0.2) is 0 Å². The lowest BCUT2D eigenvalue weighted by Gasteiger charge is -2.30. The second-order valence-electron chi connectivity index (χ2n) is 6.39. The van der Waals surface area contributed by atoms with E-state index in [1.165, 1.54) is 12.8 Å². The van der Waals surface area contributed by atoms with Gasteiger partial charge >= 0.3 is 0 Å². The Kier molecular flexibility index (Phi) is 7.72. The van der Waals surface area contributed by atoms with Crippen LogP contribution in [0.5, 0.6) is 0 Å². The van der Waals surface area contributed by atoms with Gasteiger partial charge in [-0.15, -0.1) is 0 Å². The number of nitrogens with zero attached hydrogens (tertiary/aromatic N) is 2. The first-order valence-corrected chi connectivity index (χ1v) is 8.14. The maximum atomic E-state index is 12.5. The Bertz CT molecular complexity index is 338. The fourth-order valence-electron chi connectivity index (χ4n) is 2.80. The van der Waals surface area contributed by atoms with E-state index in [0.717, 1.165) is 19.5 Å². The second kappa shape index (κ2) is 9.03. The van der Waals surface area contributed by atoms with Gasteiger partial charge in [0.2, 0.25) is 11.8 Å². The summed E-state index contributed by atoms with van der Waals surface area (Å²) in [5.41, 5.74) is 0. The van der Waals surface area contributed by atoms with Crippen LogP contribution in [0.2, 0.25) is 0 Å². The second-order valence-corrected chi connectivity index (χ2v) is 6.39. The highest BCUT2D eigenvalue weighted by Gasteiger charge is 2.25. The van der Waals surface area contributed by atoms with Crippen LogP contribution in [0.4, 0.5) is 0 Å². The standard InChI is InChI=1S/C16H31N3O2/c1-5-9-19(12-16(21)18(3)4)15(20)10-13(2)14-7-6-8-17-11-14/h13-14,17H,5-12H2,1-4H3. The van der Waals surface area contributed by atoms with E-state index >= 15 is 0 Å². The Morgan fingerprint density at radius 3 is 2.52 bits per heavy atom. The number of rotatable bonds is 7. The van der Waals surface area contributed by atoms with E-state index in [1.807, 2.05) is 6.92 Å². The quantitative estimate of drug-likeness (QED) is 0.771. The summed E-state index contributed by atoms with van der Waals surface area (Å²) in [4.78, 5) is 27.6. The molecule has 0 aliphatic carbocycles. The fourth-order valence-corrected chi connectivity index (χ4v) is 2.80.